The van der Waals surface area contributed by atoms with Gasteiger partial charge in [0.05, 0.1) is 12.2 Å². The number of aromatic carboxylic acids is 1. The first-order valence-electron chi connectivity index (χ1n) is 6.70. The smallest absolute Gasteiger partial charge is 0.341 e. The summed E-state index contributed by atoms with van der Waals surface area (Å²) < 4.78 is 5.06. The van der Waals surface area contributed by atoms with Gasteiger partial charge in [0.15, 0.2) is 0 Å². The molecule has 2 aromatic rings. The number of ether oxygens (including phenoxy) is 1. The lowest BCUT2D eigenvalue weighted by molar-refractivity contribution is 0.0496. The topological polar surface area (TPSA) is 83.8 Å². The van der Waals surface area contributed by atoms with Gasteiger partial charge in [-0.1, -0.05) is 19.4 Å². The molecule has 0 saturated carbocycles. The molecule has 0 radical (unpaired) electrons. The van der Waals surface area contributed by atoms with Crippen molar-refractivity contribution in [2.24, 2.45) is 0 Å². The van der Waals surface area contributed by atoms with Gasteiger partial charge in [0.25, 0.3) is 0 Å². The fraction of sp³-hybridized carbons (Fsp3) is 0.250. The zero-order valence-electron chi connectivity index (χ0n) is 11.6. The summed E-state index contributed by atoms with van der Waals surface area (Å²) in [5, 5.41) is 20.1. The van der Waals surface area contributed by atoms with E-state index in [0.717, 1.165) is 12.8 Å². The fourth-order valence-corrected chi connectivity index (χ4v) is 1.97. The van der Waals surface area contributed by atoms with Crippen molar-refractivity contribution >= 4 is 22.7 Å². The lowest BCUT2D eigenvalue weighted by atomic mass is 10.0. The quantitative estimate of drug-likeness (QED) is 0.652. The van der Waals surface area contributed by atoms with Crippen molar-refractivity contribution in [1.29, 1.82) is 0 Å². The third kappa shape index (κ3) is 3.31. The summed E-state index contributed by atoms with van der Waals surface area (Å²) in [7, 11) is 0. The van der Waals surface area contributed by atoms with Gasteiger partial charge in [-0.25, -0.2) is 9.59 Å². The van der Waals surface area contributed by atoms with E-state index in [2.05, 4.69) is 0 Å². The highest BCUT2D eigenvalue weighted by molar-refractivity contribution is 6.00. The van der Waals surface area contributed by atoms with Crippen LogP contribution in [0.25, 0.3) is 10.8 Å². The lowest BCUT2D eigenvalue weighted by Gasteiger charge is -2.08. The van der Waals surface area contributed by atoms with Crippen molar-refractivity contribution in [1.82, 2.24) is 0 Å². The Morgan fingerprint density at radius 3 is 2.57 bits per heavy atom. The second-order valence-corrected chi connectivity index (χ2v) is 4.73. The summed E-state index contributed by atoms with van der Waals surface area (Å²) in [6.07, 6.45) is 1.65. The van der Waals surface area contributed by atoms with Gasteiger partial charge >= 0.3 is 11.9 Å². The summed E-state index contributed by atoms with van der Waals surface area (Å²) in [5.41, 5.74) is 0.166. The highest BCUT2D eigenvalue weighted by Gasteiger charge is 2.14. The number of carbonyl (C=O) groups excluding carboxylic acids is 1. The molecule has 0 bridgehead atoms. The van der Waals surface area contributed by atoms with Gasteiger partial charge in [0, 0.05) is 0 Å². The van der Waals surface area contributed by atoms with Gasteiger partial charge in [-0.15, -0.1) is 0 Å². The zero-order valence-corrected chi connectivity index (χ0v) is 11.6. The summed E-state index contributed by atoms with van der Waals surface area (Å²) >= 11 is 0. The van der Waals surface area contributed by atoms with Crippen molar-refractivity contribution in [2.75, 3.05) is 6.61 Å². The molecule has 2 rings (SSSR count). The molecule has 0 aliphatic rings. The summed E-state index contributed by atoms with van der Waals surface area (Å²) in [5.74, 6) is -1.83. The van der Waals surface area contributed by atoms with E-state index in [0.29, 0.717) is 17.4 Å². The maximum Gasteiger partial charge on any atom is 0.341 e. The Labute approximate surface area is 121 Å². The van der Waals surface area contributed by atoms with Gasteiger partial charge in [0.1, 0.15) is 11.3 Å². The molecule has 21 heavy (non-hydrogen) atoms. The number of phenols is 1. The first-order valence-corrected chi connectivity index (χ1v) is 6.70. The van der Waals surface area contributed by atoms with E-state index in [1.807, 2.05) is 6.92 Å². The number of rotatable bonds is 5. The van der Waals surface area contributed by atoms with E-state index in [-0.39, 0.29) is 16.9 Å². The average molecular weight is 288 g/mol. The number of carboxylic acids is 1. The number of esters is 1. The molecule has 0 aliphatic heterocycles. The molecule has 0 aliphatic carbocycles. The fourth-order valence-electron chi connectivity index (χ4n) is 1.97. The molecular weight excluding hydrogens is 272 g/mol. The first kappa shape index (κ1) is 14.8. The van der Waals surface area contributed by atoms with Gasteiger partial charge < -0.3 is 14.9 Å². The lowest BCUT2D eigenvalue weighted by Crippen LogP contribution is -2.06. The molecule has 0 fully saturated rings. The molecule has 0 amide bonds. The molecule has 5 heteroatoms. The van der Waals surface area contributed by atoms with Crippen molar-refractivity contribution in [3.63, 3.8) is 0 Å². The molecule has 0 aromatic heterocycles. The van der Waals surface area contributed by atoms with Crippen LogP contribution in [0.1, 0.15) is 40.5 Å². The predicted octanol–water partition coefficient (Wildman–Crippen LogP) is 3.20. The van der Waals surface area contributed by atoms with Crippen LogP contribution in [0.2, 0.25) is 0 Å². The highest BCUT2D eigenvalue weighted by Crippen LogP contribution is 2.26. The Morgan fingerprint density at radius 1 is 1.14 bits per heavy atom. The number of carboxylic acid groups (broad SMARTS) is 1. The minimum atomic E-state index is -1.04. The highest BCUT2D eigenvalue weighted by atomic mass is 16.5. The minimum absolute atomic E-state index is 0.0427. The van der Waals surface area contributed by atoms with Crippen LogP contribution in [0.15, 0.2) is 30.3 Å². The Bertz CT molecular complexity index is 690. The SMILES string of the molecule is CCCCOC(=O)c1cc2cc(C(=O)O)ccc2cc1O. The van der Waals surface area contributed by atoms with Crippen LogP contribution >= 0.6 is 0 Å². The van der Waals surface area contributed by atoms with Gasteiger partial charge in [0.2, 0.25) is 0 Å². The summed E-state index contributed by atoms with van der Waals surface area (Å²) in [4.78, 5) is 22.9. The van der Waals surface area contributed by atoms with E-state index in [1.165, 1.54) is 24.3 Å². The van der Waals surface area contributed by atoms with Crippen LogP contribution in [0, 0.1) is 0 Å². The zero-order chi connectivity index (χ0) is 15.4. The van der Waals surface area contributed by atoms with Crippen molar-refractivity contribution in [3.05, 3.63) is 41.5 Å². The molecule has 2 aromatic carbocycles. The molecular formula is C16H16O5. The van der Waals surface area contributed by atoms with E-state index in [4.69, 9.17) is 9.84 Å². The molecule has 2 N–H and O–H groups in total. The Kier molecular flexibility index (Phi) is 4.42. The molecule has 0 saturated heterocycles. The third-order valence-electron chi connectivity index (χ3n) is 3.15. The minimum Gasteiger partial charge on any atom is -0.507 e. The molecule has 0 heterocycles. The maximum atomic E-state index is 11.9. The maximum absolute atomic E-state index is 11.9. The molecule has 110 valence electrons. The Balaban J connectivity index is 2.37. The Morgan fingerprint density at radius 2 is 1.90 bits per heavy atom. The van der Waals surface area contributed by atoms with Crippen LogP contribution in [0.4, 0.5) is 0 Å². The number of fused-ring (bicyclic) bond motifs is 1. The monoisotopic (exact) mass is 288 g/mol. The predicted molar refractivity (Wildman–Crippen MR) is 77.8 cm³/mol. The normalized spacial score (nSPS) is 10.5. The summed E-state index contributed by atoms with van der Waals surface area (Å²) in [6.45, 7) is 2.27. The molecule has 0 atom stereocenters. The van der Waals surface area contributed by atoms with E-state index in [9.17, 15) is 14.7 Å². The number of phenolic OH excluding ortho intramolecular Hbond substituents is 1. The van der Waals surface area contributed by atoms with Gasteiger partial charge in [-0.3, -0.25) is 0 Å². The molecule has 0 unspecified atom stereocenters. The largest absolute Gasteiger partial charge is 0.507 e. The van der Waals surface area contributed by atoms with Crippen molar-refractivity contribution < 1.29 is 24.5 Å². The van der Waals surface area contributed by atoms with Gasteiger partial charge in [-0.2, -0.15) is 0 Å². The number of unbranched alkanes of at least 4 members (excludes halogenated alkanes) is 1. The standard InChI is InChI=1S/C16H16O5/c1-2-3-6-21-16(20)13-8-12-7-11(15(18)19)5-4-10(12)9-14(13)17/h4-5,7-9,17H,2-3,6H2,1H3,(H,18,19). The first-order chi connectivity index (χ1) is 10.0. The van der Waals surface area contributed by atoms with E-state index < -0.39 is 11.9 Å². The summed E-state index contributed by atoms with van der Waals surface area (Å²) in [6, 6.07) is 7.37. The van der Waals surface area contributed by atoms with Crippen LogP contribution in [-0.4, -0.2) is 28.8 Å². The molecule has 0 spiro atoms. The van der Waals surface area contributed by atoms with Crippen molar-refractivity contribution in [2.45, 2.75) is 19.8 Å². The van der Waals surface area contributed by atoms with E-state index >= 15 is 0 Å². The van der Waals surface area contributed by atoms with Crippen LogP contribution < -0.4 is 0 Å². The van der Waals surface area contributed by atoms with Crippen LogP contribution in [0.5, 0.6) is 5.75 Å². The van der Waals surface area contributed by atoms with Crippen LogP contribution in [-0.2, 0) is 4.74 Å². The third-order valence-corrected chi connectivity index (χ3v) is 3.15. The Hall–Kier alpha value is -2.56. The second-order valence-electron chi connectivity index (χ2n) is 4.73. The number of carbonyl (C=O) groups is 2. The number of aromatic hydroxyl groups is 1. The van der Waals surface area contributed by atoms with Gasteiger partial charge in [-0.05, 0) is 41.5 Å². The average Bonchev–Trinajstić information content (AvgIpc) is 2.46. The number of hydrogen-bond donors (Lipinski definition) is 2. The van der Waals surface area contributed by atoms with E-state index in [1.54, 1.807) is 6.07 Å². The number of benzene rings is 2. The van der Waals surface area contributed by atoms with Crippen molar-refractivity contribution in [3.8, 4) is 5.75 Å². The molecule has 5 nitrogen and oxygen atoms in total. The second kappa shape index (κ2) is 6.26. The van der Waals surface area contributed by atoms with Crippen LogP contribution in [0.3, 0.4) is 0 Å². The number of hydrogen-bond acceptors (Lipinski definition) is 4.